The summed E-state index contributed by atoms with van der Waals surface area (Å²) in [4.78, 5) is 13.9. The van der Waals surface area contributed by atoms with E-state index < -0.39 is 0 Å². The van der Waals surface area contributed by atoms with Crippen LogP contribution in [0.4, 0.5) is 0 Å². The molecule has 2 aromatic carbocycles. The summed E-state index contributed by atoms with van der Waals surface area (Å²) in [5.41, 5.74) is 5.84. The number of fused-ring (bicyclic) bond motifs is 1. The molecule has 1 unspecified atom stereocenters. The lowest BCUT2D eigenvalue weighted by atomic mass is 9.92. The van der Waals surface area contributed by atoms with Crippen molar-refractivity contribution < 1.29 is 4.79 Å². The molecule has 1 amide bonds. The van der Waals surface area contributed by atoms with Gasteiger partial charge < -0.3 is 4.90 Å². The molecule has 114 valence electrons. The van der Waals surface area contributed by atoms with Crippen LogP contribution in [0.1, 0.15) is 47.7 Å². The summed E-state index contributed by atoms with van der Waals surface area (Å²) in [6, 6.07) is 15.1. The van der Waals surface area contributed by atoms with E-state index in [1.54, 1.807) is 4.90 Å². The number of likely N-dealkylation sites (N-methyl/N-ethyl adjacent to an activating group) is 1. The molecule has 1 atom stereocenters. The van der Waals surface area contributed by atoms with Crippen LogP contribution >= 0.6 is 0 Å². The fourth-order valence-corrected chi connectivity index (χ4v) is 3.02. The van der Waals surface area contributed by atoms with Crippen LogP contribution in [0.2, 0.25) is 0 Å². The van der Waals surface area contributed by atoms with Crippen LogP contribution in [0.15, 0.2) is 42.5 Å². The van der Waals surface area contributed by atoms with Gasteiger partial charge in [0.15, 0.2) is 0 Å². The fraction of sp³-hybridized carbons (Fsp3) is 0.350. The lowest BCUT2D eigenvalue weighted by Crippen LogP contribution is -2.34. The third kappa shape index (κ3) is 2.66. The van der Waals surface area contributed by atoms with E-state index >= 15 is 0 Å². The van der Waals surface area contributed by atoms with E-state index in [4.69, 9.17) is 0 Å². The van der Waals surface area contributed by atoms with Gasteiger partial charge in [-0.3, -0.25) is 4.79 Å². The van der Waals surface area contributed by atoms with E-state index in [-0.39, 0.29) is 5.91 Å². The van der Waals surface area contributed by atoms with E-state index in [1.807, 2.05) is 13.1 Å². The van der Waals surface area contributed by atoms with Gasteiger partial charge in [-0.15, -0.1) is 0 Å². The average Bonchev–Trinajstić information content (AvgIpc) is 2.57. The highest BCUT2D eigenvalue weighted by molar-refractivity contribution is 5.97. The highest BCUT2D eigenvalue weighted by atomic mass is 16.2. The Kier molecular flexibility index (Phi) is 4.02. The van der Waals surface area contributed by atoms with Crippen LogP contribution in [0.3, 0.4) is 0 Å². The van der Waals surface area contributed by atoms with Gasteiger partial charge in [-0.1, -0.05) is 50.2 Å². The summed E-state index contributed by atoms with van der Waals surface area (Å²) in [7, 11) is 1.87. The first-order valence-electron chi connectivity index (χ1n) is 8.09. The molecule has 0 N–H and O–H groups in total. The second-order valence-electron chi connectivity index (χ2n) is 6.28. The Bertz CT molecular complexity index is 687. The Labute approximate surface area is 132 Å². The molecule has 2 nitrogen and oxygen atoms in total. The first-order chi connectivity index (χ1) is 10.6. The van der Waals surface area contributed by atoms with E-state index in [0.29, 0.717) is 5.92 Å². The van der Waals surface area contributed by atoms with Crippen LogP contribution < -0.4 is 0 Å². The predicted octanol–water partition coefficient (Wildman–Crippen LogP) is 4.50. The Morgan fingerprint density at radius 1 is 1.09 bits per heavy atom. The van der Waals surface area contributed by atoms with Gasteiger partial charge in [-0.2, -0.15) is 0 Å². The zero-order valence-corrected chi connectivity index (χ0v) is 13.6. The largest absolute Gasteiger partial charge is 0.341 e. The number of amides is 1. The molecule has 22 heavy (non-hydrogen) atoms. The van der Waals surface area contributed by atoms with Gasteiger partial charge in [0.05, 0.1) is 0 Å². The second kappa shape index (κ2) is 5.96. The standard InChI is InChI=1S/C20H23NO/c1-4-14(2)15-5-7-16(8-6-15)17-9-10-19-18(13-17)11-12-21(3)20(19)22/h5-10,13-14H,4,11-12H2,1-3H3. The number of benzene rings is 2. The fourth-order valence-electron chi connectivity index (χ4n) is 3.02. The Morgan fingerprint density at radius 3 is 2.45 bits per heavy atom. The zero-order valence-electron chi connectivity index (χ0n) is 13.6. The molecular weight excluding hydrogens is 270 g/mol. The molecule has 0 fully saturated rings. The molecule has 1 aliphatic heterocycles. The van der Waals surface area contributed by atoms with Crippen molar-refractivity contribution in [2.75, 3.05) is 13.6 Å². The van der Waals surface area contributed by atoms with Crippen LogP contribution in [0, 0.1) is 0 Å². The summed E-state index contributed by atoms with van der Waals surface area (Å²) in [5.74, 6) is 0.741. The number of carbonyl (C=O) groups is 1. The minimum atomic E-state index is 0.139. The highest BCUT2D eigenvalue weighted by Gasteiger charge is 2.21. The first-order valence-corrected chi connectivity index (χ1v) is 8.09. The number of carbonyl (C=O) groups excluding carboxylic acids is 1. The summed E-state index contributed by atoms with van der Waals surface area (Å²) in [6.07, 6.45) is 2.10. The van der Waals surface area contributed by atoms with Gasteiger partial charge in [-0.05, 0) is 47.1 Å². The third-order valence-electron chi connectivity index (χ3n) is 4.82. The topological polar surface area (TPSA) is 20.3 Å². The van der Waals surface area contributed by atoms with Crippen molar-refractivity contribution in [2.24, 2.45) is 0 Å². The lowest BCUT2D eigenvalue weighted by Gasteiger charge is -2.25. The quantitative estimate of drug-likeness (QED) is 0.816. The van der Waals surface area contributed by atoms with Crippen molar-refractivity contribution in [2.45, 2.75) is 32.6 Å². The Balaban J connectivity index is 1.91. The van der Waals surface area contributed by atoms with Crippen LogP contribution in [0.5, 0.6) is 0 Å². The molecule has 2 aromatic rings. The maximum atomic E-state index is 12.1. The van der Waals surface area contributed by atoms with E-state index in [2.05, 4.69) is 50.2 Å². The number of nitrogens with zero attached hydrogens (tertiary/aromatic N) is 1. The second-order valence-corrected chi connectivity index (χ2v) is 6.28. The monoisotopic (exact) mass is 293 g/mol. The minimum absolute atomic E-state index is 0.139. The average molecular weight is 293 g/mol. The first kappa shape index (κ1) is 14.8. The molecule has 3 rings (SSSR count). The molecule has 0 saturated heterocycles. The van der Waals surface area contributed by atoms with Gasteiger partial charge in [0.25, 0.3) is 5.91 Å². The van der Waals surface area contributed by atoms with Gasteiger partial charge in [0.1, 0.15) is 0 Å². The molecule has 1 heterocycles. The SMILES string of the molecule is CCC(C)c1ccc(-c2ccc3c(c2)CCN(C)C3=O)cc1. The molecule has 1 aliphatic rings. The van der Waals surface area contributed by atoms with Crippen LogP contribution in [-0.2, 0) is 6.42 Å². The van der Waals surface area contributed by atoms with Gasteiger partial charge in [0.2, 0.25) is 0 Å². The molecule has 0 spiro atoms. The molecule has 0 aromatic heterocycles. The van der Waals surface area contributed by atoms with Crippen LogP contribution in [-0.4, -0.2) is 24.4 Å². The van der Waals surface area contributed by atoms with Gasteiger partial charge >= 0.3 is 0 Å². The normalized spacial score (nSPS) is 15.6. The summed E-state index contributed by atoms with van der Waals surface area (Å²) < 4.78 is 0. The van der Waals surface area contributed by atoms with Gasteiger partial charge in [0, 0.05) is 19.2 Å². The highest BCUT2D eigenvalue weighted by Crippen LogP contribution is 2.28. The number of hydrogen-bond acceptors (Lipinski definition) is 1. The van der Waals surface area contributed by atoms with Crippen molar-refractivity contribution in [3.8, 4) is 11.1 Å². The maximum absolute atomic E-state index is 12.1. The Hall–Kier alpha value is -2.09. The lowest BCUT2D eigenvalue weighted by molar-refractivity contribution is 0.0781. The van der Waals surface area contributed by atoms with E-state index in [9.17, 15) is 4.79 Å². The smallest absolute Gasteiger partial charge is 0.253 e. The van der Waals surface area contributed by atoms with Crippen molar-refractivity contribution in [1.29, 1.82) is 0 Å². The molecular formula is C20H23NO. The van der Waals surface area contributed by atoms with Crippen molar-refractivity contribution in [3.63, 3.8) is 0 Å². The maximum Gasteiger partial charge on any atom is 0.253 e. The van der Waals surface area contributed by atoms with E-state index in [0.717, 1.165) is 24.9 Å². The van der Waals surface area contributed by atoms with Gasteiger partial charge in [-0.25, -0.2) is 0 Å². The van der Waals surface area contributed by atoms with Crippen molar-refractivity contribution >= 4 is 5.91 Å². The number of rotatable bonds is 3. The Morgan fingerprint density at radius 2 is 1.77 bits per heavy atom. The molecule has 0 aliphatic carbocycles. The molecule has 0 radical (unpaired) electrons. The molecule has 0 bridgehead atoms. The van der Waals surface area contributed by atoms with E-state index in [1.165, 1.54) is 22.3 Å². The van der Waals surface area contributed by atoms with Crippen molar-refractivity contribution in [3.05, 3.63) is 59.2 Å². The summed E-state index contributed by atoms with van der Waals surface area (Å²) in [6.45, 7) is 5.29. The summed E-state index contributed by atoms with van der Waals surface area (Å²) in [5, 5.41) is 0. The minimum Gasteiger partial charge on any atom is -0.341 e. The van der Waals surface area contributed by atoms with Crippen LogP contribution in [0.25, 0.3) is 11.1 Å². The predicted molar refractivity (Wildman–Crippen MR) is 91.2 cm³/mol. The third-order valence-corrected chi connectivity index (χ3v) is 4.82. The molecule has 0 saturated carbocycles. The van der Waals surface area contributed by atoms with Crippen molar-refractivity contribution in [1.82, 2.24) is 4.90 Å². The number of hydrogen-bond donors (Lipinski definition) is 0. The summed E-state index contributed by atoms with van der Waals surface area (Å²) >= 11 is 0. The zero-order chi connectivity index (χ0) is 15.7. The molecule has 2 heteroatoms.